The van der Waals surface area contributed by atoms with Crippen molar-refractivity contribution in [1.29, 1.82) is 0 Å². The van der Waals surface area contributed by atoms with E-state index in [1.54, 1.807) is 9.20 Å². The van der Waals surface area contributed by atoms with Crippen LogP contribution < -0.4 is 5.32 Å². The Morgan fingerprint density at radius 1 is 1.23 bits per heavy atom. The Morgan fingerprint density at radius 2 is 2.00 bits per heavy atom. The molecule has 0 saturated heterocycles. The lowest BCUT2D eigenvalue weighted by molar-refractivity contribution is -0.154. The molecule has 158 valence electrons. The minimum Gasteiger partial charge on any atom is -0.466 e. The highest BCUT2D eigenvalue weighted by atomic mass is 35.5. The summed E-state index contributed by atoms with van der Waals surface area (Å²) in [5.74, 6) is 1.17. The van der Waals surface area contributed by atoms with Gasteiger partial charge in [-0.15, -0.1) is 5.10 Å². The second kappa shape index (κ2) is 7.58. The zero-order chi connectivity index (χ0) is 20.8. The van der Waals surface area contributed by atoms with E-state index in [4.69, 9.17) is 16.3 Å². The number of esters is 1. The third kappa shape index (κ3) is 3.33. The highest BCUT2D eigenvalue weighted by molar-refractivity contribution is 6.28. The summed E-state index contributed by atoms with van der Waals surface area (Å²) in [5, 5.41) is 12.3. The molecule has 3 aromatic heterocycles. The molecule has 0 unspecified atom stereocenters. The highest BCUT2D eigenvalue weighted by Gasteiger charge is 2.48. The van der Waals surface area contributed by atoms with E-state index < -0.39 is 0 Å². The zero-order valence-corrected chi connectivity index (χ0v) is 17.8. The van der Waals surface area contributed by atoms with Crippen LogP contribution in [0.4, 0.5) is 5.82 Å². The number of nitrogens with zero attached hydrogens (tertiary/aromatic N) is 5. The first-order valence-electron chi connectivity index (χ1n) is 10.5. The van der Waals surface area contributed by atoms with Crippen molar-refractivity contribution >= 4 is 28.9 Å². The van der Waals surface area contributed by atoms with Gasteiger partial charge in [0.25, 0.3) is 0 Å². The molecule has 0 aliphatic heterocycles. The maximum Gasteiger partial charge on any atom is 0.311 e. The minimum absolute atomic E-state index is 0.0111. The second-order valence-electron chi connectivity index (χ2n) is 8.31. The van der Waals surface area contributed by atoms with Gasteiger partial charge in [-0.25, -0.2) is 4.52 Å². The molecular weight excluding hydrogens is 404 g/mol. The van der Waals surface area contributed by atoms with Crippen LogP contribution in [0.5, 0.6) is 0 Å². The molecule has 2 bridgehead atoms. The van der Waals surface area contributed by atoms with E-state index in [2.05, 4.69) is 20.5 Å². The van der Waals surface area contributed by atoms with Gasteiger partial charge < -0.3 is 10.1 Å². The summed E-state index contributed by atoms with van der Waals surface area (Å²) in [4.78, 5) is 17.3. The number of carbonyl (C=O) groups excluding carboxylic acids is 1. The van der Waals surface area contributed by atoms with Crippen LogP contribution >= 0.6 is 11.6 Å². The predicted octanol–water partition coefficient (Wildman–Crippen LogP) is 3.56. The molecule has 3 aliphatic carbocycles. The first kappa shape index (κ1) is 19.4. The molecule has 2 atom stereocenters. The SMILES string of the molecule is CCOC(=O)[C@H]1C2CCC(CC2)[C@@H]1Nc1nc(Cl)nn2cc(-c3cnn(C)c3)cc12. The van der Waals surface area contributed by atoms with Crippen molar-refractivity contribution in [1.82, 2.24) is 24.4 Å². The fourth-order valence-electron chi connectivity index (χ4n) is 5.20. The van der Waals surface area contributed by atoms with E-state index in [9.17, 15) is 4.79 Å². The second-order valence-corrected chi connectivity index (χ2v) is 8.65. The van der Waals surface area contributed by atoms with Crippen LogP contribution in [0.25, 0.3) is 16.6 Å². The van der Waals surface area contributed by atoms with E-state index in [0.29, 0.717) is 24.3 Å². The van der Waals surface area contributed by atoms with Crippen LogP contribution in [0.3, 0.4) is 0 Å². The molecule has 3 fully saturated rings. The van der Waals surface area contributed by atoms with Crippen molar-refractivity contribution in [3.63, 3.8) is 0 Å². The van der Waals surface area contributed by atoms with Gasteiger partial charge in [0.2, 0.25) is 5.28 Å². The quantitative estimate of drug-likeness (QED) is 0.625. The molecular formula is C21H25ClN6O2. The molecule has 0 spiro atoms. The number of anilines is 1. The summed E-state index contributed by atoms with van der Waals surface area (Å²) in [6, 6.07) is 2.01. The van der Waals surface area contributed by atoms with Gasteiger partial charge in [-0.2, -0.15) is 10.1 Å². The summed E-state index contributed by atoms with van der Waals surface area (Å²) < 4.78 is 8.92. The Kier molecular flexibility index (Phi) is 4.89. The van der Waals surface area contributed by atoms with Gasteiger partial charge in [-0.05, 0) is 62.1 Å². The minimum atomic E-state index is -0.154. The Bertz CT molecular complexity index is 1080. The Balaban J connectivity index is 1.52. The van der Waals surface area contributed by atoms with Gasteiger partial charge >= 0.3 is 5.97 Å². The molecule has 30 heavy (non-hydrogen) atoms. The standard InChI is InChI=1S/C21H25ClN6O2/c1-3-30-20(29)17-12-4-6-13(7-5-12)18(17)24-19-16-8-14(15-9-23-27(2)10-15)11-28(16)26-21(22)25-19/h8-13,17-18H,3-7H2,1-2H3,(H,24,25,26)/t12?,13?,17-,18-/m0/s1. The van der Waals surface area contributed by atoms with Gasteiger partial charge in [-0.1, -0.05) is 0 Å². The molecule has 3 heterocycles. The number of hydrogen-bond donors (Lipinski definition) is 1. The molecule has 9 heteroatoms. The smallest absolute Gasteiger partial charge is 0.311 e. The first-order valence-corrected chi connectivity index (χ1v) is 10.9. The topological polar surface area (TPSA) is 86.3 Å². The highest BCUT2D eigenvalue weighted by Crippen LogP contribution is 2.47. The van der Waals surface area contributed by atoms with Crippen LogP contribution in [0, 0.1) is 17.8 Å². The average molecular weight is 429 g/mol. The molecule has 8 nitrogen and oxygen atoms in total. The molecule has 3 aliphatic rings. The largest absolute Gasteiger partial charge is 0.466 e. The Morgan fingerprint density at radius 3 is 2.70 bits per heavy atom. The molecule has 0 aromatic carbocycles. The summed E-state index contributed by atoms with van der Waals surface area (Å²) in [6.45, 7) is 2.26. The summed E-state index contributed by atoms with van der Waals surface area (Å²) in [7, 11) is 1.89. The van der Waals surface area contributed by atoms with Crippen molar-refractivity contribution in [3.8, 4) is 11.1 Å². The third-order valence-corrected chi connectivity index (χ3v) is 6.72. The van der Waals surface area contributed by atoms with Crippen LogP contribution in [-0.2, 0) is 16.6 Å². The number of carbonyl (C=O) groups is 1. The van der Waals surface area contributed by atoms with Crippen LogP contribution in [0.2, 0.25) is 5.28 Å². The molecule has 0 amide bonds. The van der Waals surface area contributed by atoms with Gasteiger partial charge in [0, 0.05) is 36.6 Å². The lowest BCUT2D eigenvalue weighted by atomic mass is 9.61. The lowest BCUT2D eigenvalue weighted by Crippen LogP contribution is -2.52. The monoisotopic (exact) mass is 428 g/mol. The van der Waals surface area contributed by atoms with E-state index in [0.717, 1.165) is 42.3 Å². The van der Waals surface area contributed by atoms with Gasteiger partial charge in [0.05, 0.1) is 18.7 Å². The molecule has 3 aromatic rings. The van der Waals surface area contributed by atoms with Crippen molar-refractivity contribution in [2.45, 2.75) is 38.6 Å². The van der Waals surface area contributed by atoms with Crippen molar-refractivity contribution in [3.05, 3.63) is 29.9 Å². The van der Waals surface area contributed by atoms with Crippen LogP contribution in [0.1, 0.15) is 32.6 Å². The van der Waals surface area contributed by atoms with Crippen molar-refractivity contribution in [2.75, 3.05) is 11.9 Å². The number of aromatic nitrogens is 5. The molecule has 0 radical (unpaired) electrons. The summed E-state index contributed by atoms with van der Waals surface area (Å²) in [5.41, 5.74) is 2.79. The number of nitrogens with one attached hydrogen (secondary N) is 1. The normalized spacial score (nSPS) is 25.6. The Labute approximate surface area is 179 Å². The summed E-state index contributed by atoms with van der Waals surface area (Å²) in [6.07, 6.45) is 10.1. The van der Waals surface area contributed by atoms with Gasteiger partial charge in [0.1, 0.15) is 5.52 Å². The van der Waals surface area contributed by atoms with Gasteiger partial charge in [0.15, 0.2) is 5.82 Å². The number of ether oxygens (including phenoxy) is 1. The van der Waals surface area contributed by atoms with Crippen molar-refractivity contribution < 1.29 is 9.53 Å². The van der Waals surface area contributed by atoms with Crippen LogP contribution in [0.15, 0.2) is 24.7 Å². The summed E-state index contributed by atoms with van der Waals surface area (Å²) >= 11 is 6.24. The maximum absolute atomic E-state index is 12.8. The number of rotatable bonds is 5. The predicted molar refractivity (Wildman–Crippen MR) is 113 cm³/mol. The van der Waals surface area contributed by atoms with Crippen LogP contribution in [-0.4, -0.2) is 43.0 Å². The maximum atomic E-state index is 12.8. The lowest BCUT2D eigenvalue weighted by Gasteiger charge is -2.47. The number of aryl methyl sites for hydroxylation is 1. The zero-order valence-electron chi connectivity index (χ0n) is 17.1. The molecule has 1 N–H and O–H groups in total. The molecule has 3 saturated carbocycles. The fourth-order valence-corrected chi connectivity index (χ4v) is 5.37. The number of halogens is 1. The molecule has 6 rings (SSSR count). The Hall–Kier alpha value is -2.61. The van der Waals surface area contributed by atoms with E-state index in [1.165, 1.54) is 0 Å². The van der Waals surface area contributed by atoms with Crippen molar-refractivity contribution in [2.24, 2.45) is 24.8 Å². The van der Waals surface area contributed by atoms with E-state index in [-0.39, 0.29) is 23.2 Å². The number of hydrogen-bond acceptors (Lipinski definition) is 6. The fraction of sp³-hybridized carbons (Fsp3) is 0.524. The third-order valence-electron chi connectivity index (χ3n) is 6.56. The van der Waals surface area contributed by atoms with E-state index in [1.807, 2.05) is 38.6 Å². The first-order chi connectivity index (χ1) is 14.5. The number of fused-ring (bicyclic) bond motifs is 4. The average Bonchev–Trinajstić information content (AvgIpc) is 3.35. The van der Waals surface area contributed by atoms with E-state index >= 15 is 0 Å². The van der Waals surface area contributed by atoms with Gasteiger partial charge in [-0.3, -0.25) is 9.48 Å².